The molecule has 0 unspecified atom stereocenters. The van der Waals surface area contributed by atoms with Gasteiger partial charge in [0.25, 0.3) is 0 Å². The molecule has 1 aromatic rings. The summed E-state index contributed by atoms with van der Waals surface area (Å²) in [7, 11) is 0. The number of hydrogen-bond donors (Lipinski definition) is 1. The van der Waals surface area contributed by atoms with E-state index in [-0.39, 0.29) is 0 Å². The first-order valence-corrected chi connectivity index (χ1v) is 7.10. The summed E-state index contributed by atoms with van der Waals surface area (Å²) in [6.45, 7) is 9.86. The number of nitrogens with zero attached hydrogens (tertiary/aromatic N) is 3. The molecule has 0 amide bonds. The maximum atomic E-state index is 9.82. The Morgan fingerprint density at radius 1 is 1.16 bits per heavy atom. The van der Waals surface area contributed by atoms with E-state index in [4.69, 9.17) is 0 Å². The maximum absolute atomic E-state index is 9.82. The summed E-state index contributed by atoms with van der Waals surface area (Å²) in [5.74, 6) is 0. The molecular formula is C15H25N3O. The largest absolute Gasteiger partial charge is 0.389 e. The van der Waals surface area contributed by atoms with Crippen molar-refractivity contribution in [3.8, 4) is 0 Å². The zero-order chi connectivity index (χ0) is 13.7. The Bertz CT molecular complexity index is 367. The summed E-state index contributed by atoms with van der Waals surface area (Å²) < 4.78 is 0. The molecule has 0 aliphatic carbocycles. The Hall–Kier alpha value is -0.970. The fourth-order valence-corrected chi connectivity index (χ4v) is 2.54. The van der Waals surface area contributed by atoms with E-state index in [0.717, 1.165) is 45.7 Å². The van der Waals surface area contributed by atoms with Gasteiger partial charge >= 0.3 is 0 Å². The number of pyridine rings is 1. The van der Waals surface area contributed by atoms with Crippen LogP contribution in [0.15, 0.2) is 24.4 Å². The Kier molecular flexibility index (Phi) is 4.91. The van der Waals surface area contributed by atoms with Crippen molar-refractivity contribution in [1.82, 2.24) is 14.8 Å². The average Bonchev–Trinajstić information content (AvgIpc) is 2.37. The highest BCUT2D eigenvalue weighted by molar-refractivity contribution is 5.03. The zero-order valence-electron chi connectivity index (χ0n) is 12.0. The normalized spacial score (nSPS) is 18.7. The molecule has 0 radical (unpaired) electrons. The monoisotopic (exact) mass is 263 g/mol. The van der Waals surface area contributed by atoms with Crippen LogP contribution in [0.1, 0.15) is 19.5 Å². The summed E-state index contributed by atoms with van der Waals surface area (Å²) in [5, 5.41) is 9.82. The SMILES string of the molecule is CC(C)(O)CN1CCN(CCc2ccccn2)CC1. The lowest BCUT2D eigenvalue weighted by molar-refractivity contribution is 0.0179. The van der Waals surface area contributed by atoms with Crippen molar-refractivity contribution < 1.29 is 5.11 Å². The highest BCUT2D eigenvalue weighted by Crippen LogP contribution is 2.09. The van der Waals surface area contributed by atoms with E-state index in [9.17, 15) is 5.11 Å². The second kappa shape index (κ2) is 6.46. The van der Waals surface area contributed by atoms with Gasteiger partial charge in [-0.15, -0.1) is 0 Å². The van der Waals surface area contributed by atoms with Gasteiger partial charge in [-0.25, -0.2) is 0 Å². The van der Waals surface area contributed by atoms with Crippen LogP contribution in [0, 0.1) is 0 Å². The topological polar surface area (TPSA) is 39.6 Å². The van der Waals surface area contributed by atoms with Crippen molar-refractivity contribution in [3.63, 3.8) is 0 Å². The van der Waals surface area contributed by atoms with E-state index in [2.05, 4.69) is 20.9 Å². The van der Waals surface area contributed by atoms with Crippen LogP contribution in [0.25, 0.3) is 0 Å². The minimum Gasteiger partial charge on any atom is -0.389 e. The average molecular weight is 263 g/mol. The van der Waals surface area contributed by atoms with E-state index in [1.54, 1.807) is 0 Å². The van der Waals surface area contributed by atoms with E-state index in [0.29, 0.717) is 0 Å². The van der Waals surface area contributed by atoms with Gasteiger partial charge in [-0.3, -0.25) is 9.88 Å². The number of aliphatic hydroxyl groups is 1. The quantitative estimate of drug-likeness (QED) is 0.861. The molecule has 0 aromatic carbocycles. The van der Waals surface area contributed by atoms with Crippen LogP contribution < -0.4 is 0 Å². The fraction of sp³-hybridized carbons (Fsp3) is 0.667. The number of rotatable bonds is 5. The summed E-state index contributed by atoms with van der Waals surface area (Å²) in [6, 6.07) is 6.09. The van der Waals surface area contributed by atoms with Gasteiger partial charge in [-0.05, 0) is 26.0 Å². The summed E-state index contributed by atoms with van der Waals surface area (Å²) in [6.07, 6.45) is 2.88. The minimum absolute atomic E-state index is 0.587. The van der Waals surface area contributed by atoms with E-state index in [1.165, 1.54) is 5.69 Å². The molecule has 106 valence electrons. The highest BCUT2D eigenvalue weighted by atomic mass is 16.3. The summed E-state index contributed by atoms with van der Waals surface area (Å²) >= 11 is 0. The molecule has 0 atom stereocenters. The molecule has 19 heavy (non-hydrogen) atoms. The van der Waals surface area contributed by atoms with Crippen LogP contribution in [-0.4, -0.2) is 64.8 Å². The van der Waals surface area contributed by atoms with Crippen LogP contribution in [-0.2, 0) is 6.42 Å². The standard InChI is InChI=1S/C15H25N3O/c1-15(2,19)13-18-11-9-17(10-12-18)8-6-14-5-3-4-7-16-14/h3-5,7,19H,6,8-13H2,1-2H3. The van der Waals surface area contributed by atoms with Gasteiger partial charge < -0.3 is 10.0 Å². The molecule has 4 nitrogen and oxygen atoms in total. The lowest BCUT2D eigenvalue weighted by atomic mass is 10.1. The van der Waals surface area contributed by atoms with Gasteiger partial charge in [0.1, 0.15) is 0 Å². The van der Waals surface area contributed by atoms with E-state index >= 15 is 0 Å². The molecule has 2 heterocycles. The molecule has 0 bridgehead atoms. The number of aromatic nitrogens is 1. The van der Waals surface area contributed by atoms with Crippen molar-refractivity contribution in [2.24, 2.45) is 0 Å². The zero-order valence-corrected chi connectivity index (χ0v) is 12.0. The van der Waals surface area contributed by atoms with Crippen LogP contribution in [0.5, 0.6) is 0 Å². The smallest absolute Gasteiger partial charge is 0.0718 e. The first kappa shape index (κ1) is 14.4. The molecule has 1 aliphatic rings. The lowest BCUT2D eigenvalue weighted by Gasteiger charge is -2.37. The predicted molar refractivity (Wildman–Crippen MR) is 77.1 cm³/mol. The Morgan fingerprint density at radius 2 is 1.84 bits per heavy atom. The van der Waals surface area contributed by atoms with Crippen LogP contribution in [0.2, 0.25) is 0 Å². The third-order valence-electron chi connectivity index (χ3n) is 3.49. The molecule has 0 spiro atoms. The molecule has 0 saturated carbocycles. The maximum Gasteiger partial charge on any atom is 0.0718 e. The summed E-state index contributed by atoms with van der Waals surface area (Å²) in [5.41, 5.74) is 0.581. The predicted octanol–water partition coefficient (Wildman–Crippen LogP) is 1.01. The Balaban J connectivity index is 1.69. The van der Waals surface area contributed by atoms with Crippen molar-refractivity contribution in [2.75, 3.05) is 39.3 Å². The van der Waals surface area contributed by atoms with Gasteiger partial charge in [0.2, 0.25) is 0 Å². The molecule has 1 saturated heterocycles. The Morgan fingerprint density at radius 3 is 2.42 bits per heavy atom. The molecular weight excluding hydrogens is 238 g/mol. The van der Waals surface area contributed by atoms with Gasteiger partial charge in [0.05, 0.1) is 5.60 Å². The van der Waals surface area contributed by atoms with Crippen molar-refractivity contribution in [1.29, 1.82) is 0 Å². The summed E-state index contributed by atoms with van der Waals surface area (Å²) in [4.78, 5) is 9.18. The molecule has 1 N–H and O–H groups in total. The Labute approximate surface area is 116 Å². The molecule has 1 fully saturated rings. The van der Waals surface area contributed by atoms with E-state index < -0.39 is 5.60 Å². The molecule has 1 aliphatic heterocycles. The third-order valence-corrected chi connectivity index (χ3v) is 3.49. The lowest BCUT2D eigenvalue weighted by Crippen LogP contribution is -2.50. The van der Waals surface area contributed by atoms with Crippen LogP contribution >= 0.6 is 0 Å². The minimum atomic E-state index is -0.587. The number of piperazine rings is 1. The first-order valence-electron chi connectivity index (χ1n) is 7.10. The second-order valence-electron chi connectivity index (χ2n) is 6.00. The third kappa shape index (κ3) is 5.27. The van der Waals surface area contributed by atoms with Gasteiger partial charge in [-0.1, -0.05) is 6.07 Å². The van der Waals surface area contributed by atoms with Gasteiger partial charge in [0, 0.05) is 57.6 Å². The fourth-order valence-electron chi connectivity index (χ4n) is 2.54. The van der Waals surface area contributed by atoms with Crippen LogP contribution in [0.3, 0.4) is 0 Å². The first-order chi connectivity index (χ1) is 9.03. The van der Waals surface area contributed by atoms with Crippen molar-refractivity contribution in [2.45, 2.75) is 25.9 Å². The number of β-amino-alcohol motifs (C(OH)–C–C–N with tert-alkyl or cyclic N) is 1. The molecule has 1 aromatic heterocycles. The van der Waals surface area contributed by atoms with Crippen molar-refractivity contribution >= 4 is 0 Å². The molecule has 2 rings (SSSR count). The van der Waals surface area contributed by atoms with Crippen LogP contribution in [0.4, 0.5) is 0 Å². The van der Waals surface area contributed by atoms with Gasteiger partial charge in [0.15, 0.2) is 0 Å². The van der Waals surface area contributed by atoms with Gasteiger partial charge in [-0.2, -0.15) is 0 Å². The second-order valence-corrected chi connectivity index (χ2v) is 6.00. The number of hydrogen-bond acceptors (Lipinski definition) is 4. The van der Waals surface area contributed by atoms with Crippen molar-refractivity contribution in [3.05, 3.63) is 30.1 Å². The van der Waals surface area contributed by atoms with E-state index in [1.807, 2.05) is 32.2 Å². The molecule has 4 heteroatoms. The highest BCUT2D eigenvalue weighted by Gasteiger charge is 2.22.